The summed E-state index contributed by atoms with van der Waals surface area (Å²) in [4.78, 5) is 0.0963. The van der Waals surface area contributed by atoms with Crippen LogP contribution in [-0.4, -0.2) is 28.9 Å². The van der Waals surface area contributed by atoms with Gasteiger partial charge in [0.25, 0.3) is 0 Å². The van der Waals surface area contributed by atoms with Crippen molar-refractivity contribution in [1.29, 1.82) is 0 Å². The lowest BCUT2D eigenvalue weighted by Gasteiger charge is -2.09. The quantitative estimate of drug-likeness (QED) is 0.847. The first-order valence-corrected chi connectivity index (χ1v) is 9.07. The number of halogens is 1. The Bertz CT molecular complexity index is 854. The smallest absolute Gasteiger partial charge is 0.240 e. The number of sulfonamides is 1. The van der Waals surface area contributed by atoms with E-state index in [0.29, 0.717) is 23.7 Å². The third kappa shape index (κ3) is 3.58. The summed E-state index contributed by atoms with van der Waals surface area (Å²) >= 11 is 5.98. The molecule has 0 saturated heterocycles. The minimum atomic E-state index is -3.64. The van der Waals surface area contributed by atoms with Crippen LogP contribution in [0, 0.1) is 0 Å². The summed E-state index contributed by atoms with van der Waals surface area (Å²) in [5.41, 5.74) is 0.953. The van der Waals surface area contributed by atoms with E-state index in [9.17, 15) is 8.42 Å². The Labute approximate surface area is 145 Å². The molecule has 0 bridgehead atoms. The van der Waals surface area contributed by atoms with E-state index in [1.165, 1.54) is 25.3 Å². The maximum absolute atomic E-state index is 12.3. The van der Waals surface area contributed by atoms with Crippen molar-refractivity contribution in [2.45, 2.75) is 11.3 Å². The van der Waals surface area contributed by atoms with Crippen LogP contribution < -0.4 is 18.9 Å². The third-order valence-corrected chi connectivity index (χ3v) is 5.33. The van der Waals surface area contributed by atoms with Gasteiger partial charge in [-0.3, -0.25) is 0 Å². The van der Waals surface area contributed by atoms with Gasteiger partial charge < -0.3 is 14.2 Å². The van der Waals surface area contributed by atoms with Gasteiger partial charge in [-0.15, -0.1) is 0 Å². The largest absolute Gasteiger partial charge is 0.495 e. The molecule has 0 radical (unpaired) electrons. The number of ether oxygens (including phenoxy) is 3. The highest BCUT2D eigenvalue weighted by molar-refractivity contribution is 7.89. The van der Waals surface area contributed by atoms with E-state index >= 15 is 0 Å². The molecule has 6 nitrogen and oxygen atoms in total. The molecule has 1 N–H and O–H groups in total. The van der Waals surface area contributed by atoms with Crippen molar-refractivity contribution < 1.29 is 22.6 Å². The first kappa shape index (κ1) is 16.9. The van der Waals surface area contributed by atoms with Crippen LogP contribution in [0.4, 0.5) is 0 Å². The number of rotatable bonds is 6. The van der Waals surface area contributed by atoms with Gasteiger partial charge in [0.05, 0.1) is 17.0 Å². The predicted octanol–water partition coefficient (Wildman–Crippen LogP) is 2.60. The van der Waals surface area contributed by atoms with Gasteiger partial charge >= 0.3 is 0 Å². The zero-order valence-corrected chi connectivity index (χ0v) is 14.5. The summed E-state index contributed by atoms with van der Waals surface area (Å²) in [5, 5.41) is 0.246. The molecule has 0 amide bonds. The molecular weight excluding hydrogens is 354 g/mol. The molecule has 128 valence electrons. The van der Waals surface area contributed by atoms with Crippen LogP contribution in [0.25, 0.3) is 0 Å². The molecule has 0 saturated carbocycles. The Hall–Kier alpha value is -1.96. The van der Waals surface area contributed by atoms with Crippen molar-refractivity contribution >= 4 is 21.6 Å². The first-order valence-electron chi connectivity index (χ1n) is 7.21. The monoisotopic (exact) mass is 369 g/mol. The Morgan fingerprint density at radius 3 is 2.71 bits per heavy atom. The van der Waals surface area contributed by atoms with Gasteiger partial charge in [0, 0.05) is 6.54 Å². The number of nitrogens with one attached hydrogen (secondary N) is 1. The second-order valence-electron chi connectivity index (χ2n) is 5.13. The normalized spacial score (nSPS) is 13.1. The van der Waals surface area contributed by atoms with Gasteiger partial charge in [0.15, 0.2) is 11.5 Å². The van der Waals surface area contributed by atoms with Gasteiger partial charge in [0.2, 0.25) is 16.8 Å². The number of hydrogen-bond acceptors (Lipinski definition) is 5. The molecule has 0 fully saturated rings. The fourth-order valence-electron chi connectivity index (χ4n) is 2.32. The summed E-state index contributed by atoms with van der Waals surface area (Å²) in [6.45, 7) is 0.468. The summed E-state index contributed by atoms with van der Waals surface area (Å²) in [6.07, 6.45) is 0.528. The average Bonchev–Trinajstić information content (AvgIpc) is 3.02. The molecule has 3 rings (SSSR count). The third-order valence-electron chi connectivity index (χ3n) is 3.58. The Balaban J connectivity index is 1.64. The van der Waals surface area contributed by atoms with Crippen molar-refractivity contribution in [3.63, 3.8) is 0 Å². The van der Waals surface area contributed by atoms with E-state index < -0.39 is 10.0 Å². The van der Waals surface area contributed by atoms with E-state index in [4.69, 9.17) is 25.8 Å². The van der Waals surface area contributed by atoms with Crippen molar-refractivity contribution in [2.24, 2.45) is 0 Å². The molecule has 0 atom stereocenters. The SMILES string of the molecule is COc1ccc(S(=O)(=O)NCCc2ccc3c(c2)OCO3)cc1Cl. The Morgan fingerprint density at radius 1 is 1.17 bits per heavy atom. The molecule has 2 aromatic carbocycles. The number of fused-ring (bicyclic) bond motifs is 1. The molecular formula is C16H16ClNO5S. The first-order chi connectivity index (χ1) is 11.5. The van der Waals surface area contributed by atoms with Crippen LogP contribution in [0.1, 0.15) is 5.56 Å². The van der Waals surface area contributed by atoms with Gasteiger partial charge in [0.1, 0.15) is 5.75 Å². The van der Waals surface area contributed by atoms with Gasteiger partial charge in [-0.1, -0.05) is 17.7 Å². The molecule has 24 heavy (non-hydrogen) atoms. The van der Waals surface area contributed by atoms with Gasteiger partial charge in [-0.25, -0.2) is 13.1 Å². The Morgan fingerprint density at radius 2 is 1.96 bits per heavy atom. The fraction of sp³-hybridized carbons (Fsp3) is 0.250. The van der Waals surface area contributed by atoms with Crippen LogP contribution in [0.5, 0.6) is 17.2 Å². The maximum Gasteiger partial charge on any atom is 0.240 e. The van der Waals surface area contributed by atoms with Crippen molar-refractivity contribution in [1.82, 2.24) is 4.72 Å². The maximum atomic E-state index is 12.3. The minimum absolute atomic E-state index is 0.0963. The lowest BCUT2D eigenvalue weighted by Crippen LogP contribution is -2.26. The molecule has 1 aliphatic heterocycles. The molecule has 1 heterocycles. The zero-order chi connectivity index (χ0) is 17.2. The lowest BCUT2D eigenvalue weighted by molar-refractivity contribution is 0.174. The highest BCUT2D eigenvalue weighted by Crippen LogP contribution is 2.32. The summed E-state index contributed by atoms with van der Waals surface area (Å²) in [5.74, 6) is 1.81. The van der Waals surface area contributed by atoms with E-state index in [1.807, 2.05) is 18.2 Å². The van der Waals surface area contributed by atoms with Gasteiger partial charge in [-0.2, -0.15) is 0 Å². The second-order valence-corrected chi connectivity index (χ2v) is 7.31. The predicted molar refractivity (Wildman–Crippen MR) is 89.5 cm³/mol. The second kappa shape index (κ2) is 6.88. The number of hydrogen-bond donors (Lipinski definition) is 1. The number of methoxy groups -OCH3 is 1. The summed E-state index contributed by atoms with van der Waals surface area (Å²) < 4.78 is 42.7. The zero-order valence-electron chi connectivity index (χ0n) is 12.9. The van der Waals surface area contributed by atoms with Crippen LogP contribution in [-0.2, 0) is 16.4 Å². The van der Waals surface area contributed by atoms with E-state index in [2.05, 4.69) is 4.72 Å². The average molecular weight is 370 g/mol. The van der Waals surface area contributed by atoms with Crippen LogP contribution in [0.3, 0.4) is 0 Å². The standard InChI is InChI=1S/C16H16ClNO5S/c1-21-14-5-3-12(9-13(14)17)24(19,20)18-7-6-11-2-4-15-16(8-11)23-10-22-15/h2-5,8-9,18H,6-7,10H2,1H3. The lowest BCUT2D eigenvalue weighted by atomic mass is 10.1. The molecule has 8 heteroatoms. The molecule has 1 aliphatic rings. The van der Waals surface area contributed by atoms with Crippen LogP contribution in [0.15, 0.2) is 41.3 Å². The molecule has 0 unspecified atom stereocenters. The minimum Gasteiger partial charge on any atom is -0.495 e. The summed E-state index contributed by atoms with van der Waals surface area (Å²) in [7, 11) is -2.16. The van der Waals surface area contributed by atoms with Crippen LogP contribution in [0.2, 0.25) is 5.02 Å². The van der Waals surface area contributed by atoms with E-state index in [-0.39, 0.29) is 23.3 Å². The fourth-order valence-corrected chi connectivity index (χ4v) is 3.70. The van der Waals surface area contributed by atoms with Crippen molar-refractivity contribution in [3.05, 3.63) is 47.0 Å². The molecule has 0 aliphatic carbocycles. The van der Waals surface area contributed by atoms with E-state index in [0.717, 1.165) is 5.56 Å². The Kier molecular flexibility index (Phi) is 4.84. The van der Waals surface area contributed by atoms with Crippen molar-refractivity contribution in [3.8, 4) is 17.2 Å². The highest BCUT2D eigenvalue weighted by atomic mass is 35.5. The van der Waals surface area contributed by atoms with Crippen molar-refractivity contribution in [2.75, 3.05) is 20.4 Å². The molecule has 2 aromatic rings. The van der Waals surface area contributed by atoms with E-state index in [1.54, 1.807) is 0 Å². The molecule has 0 spiro atoms. The number of benzene rings is 2. The topological polar surface area (TPSA) is 73.9 Å². The summed E-state index contributed by atoms with van der Waals surface area (Å²) in [6, 6.07) is 9.88. The molecule has 0 aromatic heterocycles. The van der Waals surface area contributed by atoms with Crippen LogP contribution >= 0.6 is 11.6 Å². The van der Waals surface area contributed by atoms with Gasteiger partial charge in [-0.05, 0) is 42.3 Å². The highest BCUT2D eigenvalue weighted by Gasteiger charge is 2.16.